The fourth-order valence-electron chi connectivity index (χ4n) is 3.36. The van der Waals surface area contributed by atoms with Crippen LogP contribution in [0.5, 0.6) is 11.5 Å². The number of carbonyl (C=O) groups excluding carboxylic acids is 2. The van der Waals surface area contributed by atoms with E-state index in [-0.39, 0.29) is 17.3 Å². The van der Waals surface area contributed by atoms with Crippen molar-refractivity contribution in [1.82, 2.24) is 4.90 Å². The lowest BCUT2D eigenvalue weighted by atomic mass is 9.97. The molecule has 1 heterocycles. The Hall–Kier alpha value is -3.67. The van der Waals surface area contributed by atoms with Gasteiger partial charge >= 0.3 is 0 Å². The van der Waals surface area contributed by atoms with Crippen LogP contribution in [0.1, 0.15) is 31.8 Å². The molecule has 0 bridgehead atoms. The first kappa shape index (κ1) is 19.6. The second kappa shape index (κ2) is 8.37. The lowest BCUT2D eigenvalue weighted by Crippen LogP contribution is -2.28. The predicted octanol–water partition coefficient (Wildman–Crippen LogP) is 4.10. The van der Waals surface area contributed by atoms with E-state index in [2.05, 4.69) is 0 Å². The van der Waals surface area contributed by atoms with Crippen molar-refractivity contribution < 1.29 is 23.5 Å². The van der Waals surface area contributed by atoms with Gasteiger partial charge in [-0.25, -0.2) is 4.39 Å². The number of hydrogen-bond acceptors (Lipinski definition) is 4. The molecule has 0 unspecified atom stereocenters. The van der Waals surface area contributed by atoms with Crippen LogP contribution in [0.25, 0.3) is 0 Å². The summed E-state index contributed by atoms with van der Waals surface area (Å²) in [5, 5.41) is 0. The number of ketones is 1. The molecule has 0 atom stereocenters. The zero-order chi connectivity index (χ0) is 21.1. The molecule has 1 amide bonds. The number of benzene rings is 3. The molecule has 0 saturated heterocycles. The van der Waals surface area contributed by atoms with E-state index in [1.165, 1.54) is 24.3 Å². The van der Waals surface area contributed by atoms with E-state index >= 15 is 0 Å². The van der Waals surface area contributed by atoms with Crippen LogP contribution in [0.15, 0.2) is 66.7 Å². The summed E-state index contributed by atoms with van der Waals surface area (Å²) in [6.07, 6.45) is 0. The summed E-state index contributed by atoms with van der Waals surface area (Å²) >= 11 is 0. The highest BCUT2D eigenvalue weighted by atomic mass is 19.1. The number of rotatable bonds is 5. The molecule has 1 aliphatic heterocycles. The zero-order valence-corrected chi connectivity index (χ0v) is 16.4. The van der Waals surface area contributed by atoms with Gasteiger partial charge in [0.2, 0.25) is 0 Å². The maximum absolute atomic E-state index is 13.2. The number of amides is 1. The molecule has 0 aliphatic carbocycles. The minimum atomic E-state index is -0.421. The van der Waals surface area contributed by atoms with Gasteiger partial charge in [-0.2, -0.15) is 0 Å². The molecule has 0 saturated carbocycles. The molecule has 30 heavy (non-hydrogen) atoms. The largest absolute Gasteiger partial charge is 0.486 e. The number of nitrogens with zero attached hydrogens (tertiary/aromatic N) is 1. The molecule has 0 radical (unpaired) electrons. The van der Waals surface area contributed by atoms with Gasteiger partial charge in [0, 0.05) is 24.7 Å². The molecule has 0 N–H and O–H groups in total. The van der Waals surface area contributed by atoms with Crippen LogP contribution in [-0.2, 0) is 6.54 Å². The summed E-state index contributed by atoms with van der Waals surface area (Å²) in [4.78, 5) is 27.6. The van der Waals surface area contributed by atoms with Crippen LogP contribution in [0.3, 0.4) is 0 Å². The first-order chi connectivity index (χ1) is 14.5. The van der Waals surface area contributed by atoms with Crippen molar-refractivity contribution in [3.63, 3.8) is 0 Å². The Kier molecular flexibility index (Phi) is 5.48. The smallest absolute Gasteiger partial charge is 0.254 e. The SMILES string of the molecule is CN(Cc1ccc2c(c1)OCCO2)C(=O)c1ccccc1C(=O)c1ccc(F)cc1. The summed E-state index contributed by atoms with van der Waals surface area (Å²) in [6.45, 7) is 1.35. The Morgan fingerprint density at radius 2 is 1.57 bits per heavy atom. The molecule has 3 aromatic carbocycles. The molecule has 6 heteroatoms. The summed E-state index contributed by atoms with van der Waals surface area (Å²) in [6, 6.07) is 17.5. The number of ether oxygens (including phenoxy) is 2. The van der Waals surface area contributed by atoms with E-state index in [4.69, 9.17) is 9.47 Å². The maximum atomic E-state index is 13.2. The van der Waals surface area contributed by atoms with Gasteiger partial charge in [-0.15, -0.1) is 0 Å². The van der Waals surface area contributed by atoms with Crippen molar-refractivity contribution in [2.75, 3.05) is 20.3 Å². The van der Waals surface area contributed by atoms with Crippen LogP contribution in [-0.4, -0.2) is 36.9 Å². The minimum Gasteiger partial charge on any atom is -0.486 e. The third kappa shape index (κ3) is 4.03. The van der Waals surface area contributed by atoms with Gasteiger partial charge < -0.3 is 14.4 Å². The van der Waals surface area contributed by atoms with Crippen molar-refractivity contribution >= 4 is 11.7 Å². The predicted molar refractivity (Wildman–Crippen MR) is 110 cm³/mol. The highest BCUT2D eigenvalue weighted by Gasteiger charge is 2.21. The molecule has 3 aromatic rings. The highest BCUT2D eigenvalue weighted by Crippen LogP contribution is 2.31. The second-order valence-electron chi connectivity index (χ2n) is 7.02. The fraction of sp³-hybridized carbons (Fsp3) is 0.167. The van der Waals surface area contributed by atoms with Crippen LogP contribution in [0.2, 0.25) is 0 Å². The third-order valence-corrected chi connectivity index (χ3v) is 4.88. The minimum absolute atomic E-state index is 0.281. The topological polar surface area (TPSA) is 55.8 Å². The van der Waals surface area contributed by atoms with Crippen molar-refractivity contribution in [2.24, 2.45) is 0 Å². The van der Waals surface area contributed by atoms with E-state index in [1.54, 1.807) is 36.2 Å². The van der Waals surface area contributed by atoms with Gasteiger partial charge in [0.15, 0.2) is 17.3 Å². The molecule has 0 fully saturated rings. The highest BCUT2D eigenvalue weighted by molar-refractivity contribution is 6.15. The number of halogens is 1. The Bertz CT molecular complexity index is 1090. The first-order valence-corrected chi connectivity index (χ1v) is 9.56. The molecule has 152 valence electrons. The quantitative estimate of drug-likeness (QED) is 0.600. The monoisotopic (exact) mass is 405 g/mol. The average Bonchev–Trinajstić information content (AvgIpc) is 2.78. The summed E-state index contributed by atoms with van der Waals surface area (Å²) < 4.78 is 24.3. The number of fused-ring (bicyclic) bond motifs is 1. The van der Waals surface area contributed by atoms with E-state index in [1.807, 2.05) is 18.2 Å². The third-order valence-electron chi connectivity index (χ3n) is 4.88. The van der Waals surface area contributed by atoms with Crippen molar-refractivity contribution in [3.05, 3.63) is 94.8 Å². The number of carbonyl (C=O) groups is 2. The Balaban J connectivity index is 1.56. The van der Waals surface area contributed by atoms with Gasteiger partial charge in [0.1, 0.15) is 19.0 Å². The summed E-state index contributed by atoms with van der Waals surface area (Å²) in [7, 11) is 1.68. The van der Waals surface area contributed by atoms with Crippen molar-refractivity contribution in [3.8, 4) is 11.5 Å². The molecular weight excluding hydrogens is 385 g/mol. The Morgan fingerprint density at radius 1 is 0.900 bits per heavy atom. The Labute approximate surface area is 173 Å². The van der Waals surface area contributed by atoms with E-state index in [0.717, 1.165) is 5.56 Å². The normalized spacial score (nSPS) is 12.3. The molecular formula is C24H20FNO4. The second-order valence-corrected chi connectivity index (χ2v) is 7.02. The fourth-order valence-corrected chi connectivity index (χ4v) is 3.36. The maximum Gasteiger partial charge on any atom is 0.254 e. The lowest BCUT2D eigenvalue weighted by molar-refractivity contribution is 0.0780. The molecule has 5 nitrogen and oxygen atoms in total. The van der Waals surface area contributed by atoms with Crippen molar-refractivity contribution in [2.45, 2.75) is 6.54 Å². The first-order valence-electron chi connectivity index (χ1n) is 9.56. The Morgan fingerprint density at radius 3 is 2.30 bits per heavy atom. The van der Waals surface area contributed by atoms with Crippen LogP contribution >= 0.6 is 0 Å². The number of hydrogen-bond donors (Lipinski definition) is 0. The average molecular weight is 405 g/mol. The molecule has 1 aliphatic rings. The summed E-state index contributed by atoms with van der Waals surface area (Å²) in [5.41, 5.74) is 1.79. The van der Waals surface area contributed by atoms with E-state index in [9.17, 15) is 14.0 Å². The standard InChI is InChI=1S/C24H20FNO4/c1-26(15-16-6-11-21-22(14-16)30-13-12-29-21)24(28)20-5-3-2-4-19(20)23(27)17-7-9-18(25)10-8-17/h2-11,14H,12-13,15H2,1H3. The molecule has 0 aromatic heterocycles. The molecule has 0 spiro atoms. The van der Waals surface area contributed by atoms with Crippen LogP contribution < -0.4 is 9.47 Å². The lowest BCUT2D eigenvalue weighted by Gasteiger charge is -2.22. The molecule has 4 rings (SSSR count). The van der Waals surface area contributed by atoms with Gasteiger partial charge in [-0.1, -0.05) is 24.3 Å². The van der Waals surface area contributed by atoms with E-state index < -0.39 is 5.82 Å². The van der Waals surface area contributed by atoms with E-state index in [0.29, 0.717) is 42.4 Å². The summed E-state index contributed by atoms with van der Waals surface area (Å²) in [5.74, 6) is 0.318. The van der Waals surface area contributed by atoms with Gasteiger partial charge in [-0.05, 0) is 48.0 Å². The van der Waals surface area contributed by atoms with Crippen LogP contribution in [0.4, 0.5) is 4.39 Å². The van der Waals surface area contributed by atoms with Crippen LogP contribution in [0, 0.1) is 5.82 Å². The zero-order valence-electron chi connectivity index (χ0n) is 16.4. The van der Waals surface area contributed by atoms with Gasteiger partial charge in [0.25, 0.3) is 5.91 Å². The van der Waals surface area contributed by atoms with Gasteiger partial charge in [0.05, 0.1) is 5.56 Å². The van der Waals surface area contributed by atoms with Crippen molar-refractivity contribution in [1.29, 1.82) is 0 Å². The van der Waals surface area contributed by atoms with Gasteiger partial charge in [-0.3, -0.25) is 9.59 Å².